The molecule has 1 aromatic rings. The average Bonchev–Trinajstić information content (AvgIpc) is 2.55. The lowest BCUT2D eigenvalue weighted by Gasteiger charge is -2.02. The summed E-state index contributed by atoms with van der Waals surface area (Å²) >= 11 is 5.80. The van der Waals surface area contributed by atoms with Crippen LogP contribution >= 0.6 is 11.6 Å². The highest BCUT2D eigenvalue weighted by Gasteiger charge is 2.21. The first-order chi connectivity index (χ1) is 7.49. The monoisotopic (exact) mass is 263 g/mol. The first kappa shape index (κ1) is 13.2. The standard InChI is InChI=1S/C9H14ClN3O2S/c1-3-4-5-6-12-16(14,15)9-8(10)13(2)7-11-9/h3-4,7,12H,5-6H2,1-2H3/b4-3+. The quantitative estimate of drug-likeness (QED) is 0.644. The van der Waals surface area contributed by atoms with Crippen LogP contribution in [0.1, 0.15) is 13.3 Å². The van der Waals surface area contributed by atoms with Gasteiger partial charge in [0.1, 0.15) is 5.15 Å². The number of nitrogens with one attached hydrogen (secondary N) is 1. The van der Waals surface area contributed by atoms with Crippen molar-refractivity contribution in [1.29, 1.82) is 0 Å². The van der Waals surface area contributed by atoms with E-state index in [0.717, 1.165) is 0 Å². The van der Waals surface area contributed by atoms with Crippen molar-refractivity contribution in [2.24, 2.45) is 7.05 Å². The fourth-order valence-corrected chi connectivity index (χ4v) is 2.56. The second-order valence-corrected chi connectivity index (χ2v) is 5.25. The number of sulfonamides is 1. The molecule has 0 bridgehead atoms. The third-order valence-electron chi connectivity index (χ3n) is 1.93. The molecule has 0 radical (unpaired) electrons. The van der Waals surface area contributed by atoms with Gasteiger partial charge >= 0.3 is 0 Å². The summed E-state index contributed by atoms with van der Waals surface area (Å²) in [4.78, 5) is 3.75. The molecule has 0 aliphatic rings. The summed E-state index contributed by atoms with van der Waals surface area (Å²) < 4.78 is 27.3. The maximum Gasteiger partial charge on any atom is 0.261 e. The molecule has 1 aromatic heterocycles. The van der Waals surface area contributed by atoms with Crippen LogP contribution in [0.15, 0.2) is 23.5 Å². The molecule has 1 rings (SSSR count). The molecule has 90 valence electrons. The summed E-state index contributed by atoms with van der Waals surface area (Å²) in [5.41, 5.74) is 0. The minimum atomic E-state index is -3.60. The van der Waals surface area contributed by atoms with E-state index in [1.54, 1.807) is 7.05 Å². The second-order valence-electron chi connectivity index (χ2n) is 3.21. The van der Waals surface area contributed by atoms with Crippen molar-refractivity contribution in [3.63, 3.8) is 0 Å². The van der Waals surface area contributed by atoms with Gasteiger partial charge in [-0.25, -0.2) is 18.1 Å². The molecule has 0 aromatic carbocycles. The Kier molecular flexibility index (Phi) is 4.52. The Morgan fingerprint density at radius 2 is 2.31 bits per heavy atom. The van der Waals surface area contributed by atoms with E-state index in [1.807, 2.05) is 19.1 Å². The Hall–Kier alpha value is -0.850. The van der Waals surface area contributed by atoms with Gasteiger partial charge in [-0.15, -0.1) is 0 Å². The van der Waals surface area contributed by atoms with Gasteiger partial charge in [0.15, 0.2) is 0 Å². The van der Waals surface area contributed by atoms with E-state index in [1.165, 1.54) is 10.9 Å². The molecule has 1 heterocycles. The molecule has 16 heavy (non-hydrogen) atoms. The Morgan fingerprint density at radius 1 is 1.62 bits per heavy atom. The van der Waals surface area contributed by atoms with Crippen LogP contribution in [-0.2, 0) is 17.1 Å². The highest BCUT2D eigenvalue weighted by Crippen LogP contribution is 2.17. The molecule has 0 saturated carbocycles. The lowest BCUT2D eigenvalue weighted by molar-refractivity contribution is 0.579. The van der Waals surface area contributed by atoms with Crippen LogP contribution in [0.2, 0.25) is 5.15 Å². The average molecular weight is 264 g/mol. The van der Waals surface area contributed by atoms with E-state index in [2.05, 4.69) is 9.71 Å². The number of hydrogen-bond donors (Lipinski definition) is 1. The summed E-state index contributed by atoms with van der Waals surface area (Å²) in [7, 11) is -1.97. The predicted molar refractivity (Wildman–Crippen MR) is 62.8 cm³/mol. The first-order valence-corrected chi connectivity index (χ1v) is 6.63. The number of hydrogen-bond acceptors (Lipinski definition) is 3. The smallest absolute Gasteiger partial charge is 0.261 e. The van der Waals surface area contributed by atoms with E-state index < -0.39 is 10.0 Å². The largest absolute Gasteiger partial charge is 0.324 e. The van der Waals surface area contributed by atoms with Crippen LogP contribution < -0.4 is 4.72 Å². The fourth-order valence-electron chi connectivity index (χ4n) is 1.09. The van der Waals surface area contributed by atoms with E-state index in [4.69, 9.17) is 11.6 Å². The zero-order valence-electron chi connectivity index (χ0n) is 9.14. The van der Waals surface area contributed by atoms with Crippen molar-refractivity contribution in [1.82, 2.24) is 14.3 Å². The molecule has 7 heteroatoms. The van der Waals surface area contributed by atoms with Crippen LogP contribution in [0.5, 0.6) is 0 Å². The molecule has 1 N–H and O–H groups in total. The van der Waals surface area contributed by atoms with Crippen LogP contribution in [0.4, 0.5) is 0 Å². The van der Waals surface area contributed by atoms with Crippen LogP contribution in [0, 0.1) is 0 Å². The van der Waals surface area contributed by atoms with Gasteiger partial charge in [-0.05, 0) is 13.3 Å². The summed E-state index contributed by atoms with van der Waals surface area (Å²) in [6.45, 7) is 2.21. The van der Waals surface area contributed by atoms with Gasteiger partial charge in [-0.2, -0.15) is 0 Å². The van der Waals surface area contributed by atoms with Crippen molar-refractivity contribution in [3.05, 3.63) is 23.6 Å². The summed E-state index contributed by atoms with van der Waals surface area (Å²) in [6.07, 6.45) is 5.74. The van der Waals surface area contributed by atoms with Gasteiger partial charge in [-0.3, -0.25) is 0 Å². The van der Waals surface area contributed by atoms with E-state index in [-0.39, 0.29) is 10.2 Å². The molecule has 0 fully saturated rings. The molecular formula is C9H14ClN3O2S. The van der Waals surface area contributed by atoms with Gasteiger partial charge in [-0.1, -0.05) is 23.8 Å². The van der Waals surface area contributed by atoms with Gasteiger partial charge in [0.25, 0.3) is 10.0 Å². The molecule has 0 atom stereocenters. The minimum Gasteiger partial charge on any atom is -0.324 e. The van der Waals surface area contributed by atoms with Crippen LogP contribution in [-0.4, -0.2) is 24.5 Å². The molecule has 0 saturated heterocycles. The summed E-state index contributed by atoms with van der Waals surface area (Å²) in [6, 6.07) is 0. The number of imidazole rings is 1. The Morgan fingerprint density at radius 3 is 2.81 bits per heavy atom. The number of halogens is 1. The summed E-state index contributed by atoms with van der Waals surface area (Å²) in [5.74, 6) is 0. The minimum absolute atomic E-state index is 0.110. The first-order valence-electron chi connectivity index (χ1n) is 4.76. The molecule has 0 unspecified atom stereocenters. The maximum absolute atomic E-state index is 11.7. The number of aromatic nitrogens is 2. The summed E-state index contributed by atoms with van der Waals surface area (Å²) in [5, 5.41) is -0.0179. The Labute approximate surface area is 100 Å². The van der Waals surface area contributed by atoms with Crippen molar-refractivity contribution < 1.29 is 8.42 Å². The van der Waals surface area contributed by atoms with Crippen LogP contribution in [0.3, 0.4) is 0 Å². The van der Waals surface area contributed by atoms with Gasteiger partial charge in [0.2, 0.25) is 5.03 Å². The fraction of sp³-hybridized carbons (Fsp3) is 0.444. The topological polar surface area (TPSA) is 64.0 Å². The molecule has 0 amide bonds. The molecule has 5 nitrogen and oxygen atoms in total. The number of allylic oxidation sites excluding steroid dienone is 1. The second kappa shape index (κ2) is 5.47. The number of nitrogens with zero attached hydrogens (tertiary/aromatic N) is 2. The lowest BCUT2D eigenvalue weighted by Crippen LogP contribution is -2.25. The number of aryl methyl sites for hydroxylation is 1. The lowest BCUT2D eigenvalue weighted by atomic mass is 10.4. The van der Waals surface area contributed by atoms with Crippen molar-refractivity contribution in [2.75, 3.05) is 6.54 Å². The van der Waals surface area contributed by atoms with E-state index >= 15 is 0 Å². The van der Waals surface area contributed by atoms with Gasteiger partial charge in [0, 0.05) is 13.6 Å². The van der Waals surface area contributed by atoms with E-state index in [0.29, 0.717) is 13.0 Å². The highest BCUT2D eigenvalue weighted by atomic mass is 35.5. The van der Waals surface area contributed by atoms with Gasteiger partial charge < -0.3 is 4.57 Å². The normalized spacial score (nSPS) is 12.4. The third-order valence-corrected chi connectivity index (χ3v) is 3.88. The predicted octanol–water partition coefficient (Wildman–Crippen LogP) is 1.32. The molecule has 0 aliphatic heterocycles. The molecule has 0 spiro atoms. The third kappa shape index (κ3) is 3.07. The van der Waals surface area contributed by atoms with E-state index in [9.17, 15) is 8.42 Å². The van der Waals surface area contributed by atoms with Crippen LogP contribution in [0.25, 0.3) is 0 Å². The van der Waals surface area contributed by atoms with Crippen molar-refractivity contribution >= 4 is 21.6 Å². The molecule has 0 aliphatic carbocycles. The Bertz CT molecular complexity index is 479. The zero-order valence-corrected chi connectivity index (χ0v) is 10.7. The zero-order chi connectivity index (χ0) is 12.2. The SMILES string of the molecule is C/C=C/CCNS(=O)(=O)c1ncn(C)c1Cl. The highest BCUT2D eigenvalue weighted by molar-refractivity contribution is 7.89. The Balaban J connectivity index is 2.75. The molecular weight excluding hydrogens is 250 g/mol. The van der Waals surface area contributed by atoms with Gasteiger partial charge in [0.05, 0.1) is 6.33 Å². The number of rotatable bonds is 5. The maximum atomic E-state index is 11.7. The van der Waals surface area contributed by atoms with Crippen molar-refractivity contribution in [2.45, 2.75) is 18.4 Å². The van der Waals surface area contributed by atoms with Crippen molar-refractivity contribution in [3.8, 4) is 0 Å².